The van der Waals surface area contributed by atoms with Gasteiger partial charge < -0.3 is 0 Å². The van der Waals surface area contributed by atoms with Gasteiger partial charge in [0.1, 0.15) is 0 Å². The maximum absolute atomic E-state index is 2.90. The molecule has 1 aliphatic carbocycles. The summed E-state index contributed by atoms with van der Waals surface area (Å²) in [6.45, 7) is 2.25. The van der Waals surface area contributed by atoms with Crippen LogP contribution in [0.25, 0.3) is 0 Å². The predicted molar refractivity (Wildman–Crippen MR) is 49.9 cm³/mol. The topological polar surface area (TPSA) is 0 Å². The van der Waals surface area contributed by atoms with Crippen molar-refractivity contribution in [3.8, 4) is 0 Å². The summed E-state index contributed by atoms with van der Waals surface area (Å²) in [6.07, 6.45) is 5.85. The highest BCUT2D eigenvalue weighted by Gasteiger charge is 2.20. The molecule has 0 spiro atoms. The van der Waals surface area contributed by atoms with Crippen molar-refractivity contribution in [2.24, 2.45) is 5.92 Å². The van der Waals surface area contributed by atoms with Crippen LogP contribution < -0.4 is 0 Å². The van der Waals surface area contributed by atoms with Crippen LogP contribution in [0, 0.1) is 5.92 Å². The standard InChI is InChI=1S/C7H14P2/c1-5(8)6-3-2-4-7(6)9/h2-3,5-7H,4,8-9H2,1H3/t5-,6+,7?/m0/s1. The van der Waals surface area contributed by atoms with Crippen molar-refractivity contribution in [2.45, 2.75) is 24.7 Å². The van der Waals surface area contributed by atoms with Gasteiger partial charge in [-0.25, -0.2) is 0 Å². The van der Waals surface area contributed by atoms with E-state index >= 15 is 0 Å². The third-order valence-corrected chi connectivity index (χ3v) is 3.03. The van der Waals surface area contributed by atoms with Crippen molar-refractivity contribution in [1.82, 2.24) is 0 Å². The summed E-state index contributed by atoms with van der Waals surface area (Å²) >= 11 is 0. The Morgan fingerprint density at radius 3 is 2.56 bits per heavy atom. The van der Waals surface area contributed by atoms with Crippen molar-refractivity contribution in [1.29, 1.82) is 0 Å². The third kappa shape index (κ3) is 1.76. The number of allylic oxidation sites excluding steroid dienone is 2. The zero-order valence-corrected chi connectivity index (χ0v) is 8.06. The fourth-order valence-electron chi connectivity index (χ4n) is 1.26. The summed E-state index contributed by atoms with van der Waals surface area (Å²) in [6, 6.07) is 0. The van der Waals surface area contributed by atoms with Gasteiger partial charge in [0, 0.05) is 0 Å². The lowest BCUT2D eigenvalue weighted by Gasteiger charge is -2.17. The van der Waals surface area contributed by atoms with Gasteiger partial charge in [-0.2, -0.15) is 0 Å². The summed E-state index contributed by atoms with van der Waals surface area (Å²) < 4.78 is 0. The van der Waals surface area contributed by atoms with E-state index in [4.69, 9.17) is 0 Å². The molecule has 0 aromatic heterocycles. The van der Waals surface area contributed by atoms with E-state index in [1.165, 1.54) is 6.42 Å². The summed E-state index contributed by atoms with van der Waals surface area (Å²) in [4.78, 5) is 0. The molecule has 5 atom stereocenters. The van der Waals surface area contributed by atoms with Crippen molar-refractivity contribution in [3.05, 3.63) is 12.2 Å². The van der Waals surface area contributed by atoms with Gasteiger partial charge in [-0.1, -0.05) is 19.1 Å². The Morgan fingerprint density at radius 1 is 1.67 bits per heavy atom. The highest BCUT2D eigenvalue weighted by atomic mass is 31.0. The minimum Gasteiger partial charge on any atom is -0.134 e. The Kier molecular flexibility index (Phi) is 2.68. The first-order valence-corrected chi connectivity index (χ1v) is 4.73. The first-order valence-electron chi connectivity index (χ1n) is 3.39. The van der Waals surface area contributed by atoms with Gasteiger partial charge in [-0.15, -0.1) is 18.5 Å². The quantitative estimate of drug-likeness (QED) is 0.407. The van der Waals surface area contributed by atoms with Crippen LogP contribution in [0.3, 0.4) is 0 Å². The molecule has 2 heteroatoms. The van der Waals surface area contributed by atoms with Gasteiger partial charge in [0.15, 0.2) is 0 Å². The maximum atomic E-state index is 2.90. The van der Waals surface area contributed by atoms with Gasteiger partial charge in [0.25, 0.3) is 0 Å². The zero-order chi connectivity index (χ0) is 6.85. The highest BCUT2D eigenvalue weighted by Crippen LogP contribution is 2.31. The molecule has 0 bridgehead atoms. The van der Waals surface area contributed by atoms with Gasteiger partial charge >= 0.3 is 0 Å². The van der Waals surface area contributed by atoms with Crippen LogP contribution >= 0.6 is 18.5 Å². The second-order valence-electron chi connectivity index (χ2n) is 2.76. The largest absolute Gasteiger partial charge is 0.134 e. The Hall–Kier alpha value is 0.600. The normalized spacial score (nSPS) is 37.2. The molecule has 1 aliphatic rings. The maximum Gasteiger partial charge on any atom is -0.0107 e. The van der Waals surface area contributed by atoms with E-state index in [-0.39, 0.29) is 0 Å². The van der Waals surface area contributed by atoms with E-state index in [0.29, 0.717) is 0 Å². The minimum atomic E-state index is 0.728. The van der Waals surface area contributed by atoms with Crippen LogP contribution in [0.5, 0.6) is 0 Å². The first-order chi connectivity index (χ1) is 4.22. The lowest BCUT2D eigenvalue weighted by Crippen LogP contribution is -2.14. The summed E-state index contributed by atoms with van der Waals surface area (Å²) in [7, 11) is 5.77. The molecular formula is C7H14P2. The molecule has 1 rings (SSSR count). The van der Waals surface area contributed by atoms with Crippen LogP contribution in [0.1, 0.15) is 13.3 Å². The van der Waals surface area contributed by atoms with Crippen LogP contribution in [-0.4, -0.2) is 11.3 Å². The van der Waals surface area contributed by atoms with Crippen molar-refractivity contribution in [2.75, 3.05) is 0 Å². The van der Waals surface area contributed by atoms with Gasteiger partial charge in [0.05, 0.1) is 0 Å². The number of hydrogen-bond donors (Lipinski definition) is 0. The molecule has 0 radical (unpaired) electrons. The van der Waals surface area contributed by atoms with E-state index in [9.17, 15) is 0 Å². The smallest absolute Gasteiger partial charge is 0.0107 e. The average Bonchev–Trinajstić information content (AvgIpc) is 2.13. The van der Waals surface area contributed by atoms with E-state index in [1.54, 1.807) is 0 Å². The first kappa shape index (κ1) is 7.70. The molecule has 9 heavy (non-hydrogen) atoms. The molecule has 3 unspecified atom stereocenters. The molecule has 0 saturated carbocycles. The van der Waals surface area contributed by atoms with E-state index < -0.39 is 0 Å². The Morgan fingerprint density at radius 2 is 2.33 bits per heavy atom. The second kappa shape index (κ2) is 3.13. The molecule has 0 aromatic carbocycles. The lowest BCUT2D eigenvalue weighted by atomic mass is 10.1. The highest BCUT2D eigenvalue weighted by molar-refractivity contribution is 7.19. The van der Waals surface area contributed by atoms with E-state index in [1.807, 2.05) is 0 Å². The van der Waals surface area contributed by atoms with Crippen molar-refractivity contribution < 1.29 is 0 Å². The van der Waals surface area contributed by atoms with Crippen LogP contribution in [0.2, 0.25) is 0 Å². The molecule has 0 aromatic rings. The molecule has 0 saturated heterocycles. The Labute approximate surface area is 61.9 Å². The lowest BCUT2D eigenvalue weighted by molar-refractivity contribution is 0.642. The molecule has 0 N–H and O–H groups in total. The summed E-state index contributed by atoms with van der Waals surface area (Å²) in [5.74, 6) is 0.778. The van der Waals surface area contributed by atoms with Crippen molar-refractivity contribution in [3.63, 3.8) is 0 Å². The molecule has 0 fully saturated rings. The molecule has 0 amide bonds. The SMILES string of the molecule is C[C@H](P)[C@H]1C=CCC1P. The molecule has 0 nitrogen and oxygen atoms in total. The van der Waals surface area contributed by atoms with Crippen molar-refractivity contribution >= 4 is 18.5 Å². The zero-order valence-electron chi connectivity index (χ0n) is 5.75. The number of rotatable bonds is 1. The Balaban J connectivity index is 2.49. The molecule has 52 valence electrons. The number of hydrogen-bond acceptors (Lipinski definition) is 0. The van der Waals surface area contributed by atoms with Gasteiger partial charge in [0.2, 0.25) is 0 Å². The summed E-state index contributed by atoms with van der Waals surface area (Å²) in [5.41, 5.74) is 1.52. The van der Waals surface area contributed by atoms with E-state index in [0.717, 1.165) is 17.2 Å². The molecule has 0 aliphatic heterocycles. The van der Waals surface area contributed by atoms with Gasteiger partial charge in [-0.3, -0.25) is 0 Å². The van der Waals surface area contributed by atoms with E-state index in [2.05, 4.69) is 37.6 Å². The van der Waals surface area contributed by atoms with Gasteiger partial charge in [-0.05, 0) is 23.7 Å². The van der Waals surface area contributed by atoms with Crippen LogP contribution in [0.15, 0.2) is 12.2 Å². The third-order valence-electron chi connectivity index (χ3n) is 1.87. The molecular weight excluding hydrogens is 146 g/mol. The fraction of sp³-hybridized carbons (Fsp3) is 0.714. The fourth-order valence-corrected chi connectivity index (χ4v) is 2.56. The molecule has 0 heterocycles. The Bertz CT molecular complexity index is 118. The minimum absolute atomic E-state index is 0.728. The average molecular weight is 160 g/mol. The summed E-state index contributed by atoms with van der Waals surface area (Å²) in [5, 5.41) is 0. The second-order valence-corrected chi connectivity index (χ2v) is 4.67. The van der Waals surface area contributed by atoms with Crippen LogP contribution in [-0.2, 0) is 0 Å². The van der Waals surface area contributed by atoms with Crippen LogP contribution in [0.4, 0.5) is 0 Å². The predicted octanol–water partition coefficient (Wildman–Crippen LogP) is 2.07. The monoisotopic (exact) mass is 160 g/mol.